The van der Waals surface area contributed by atoms with Crippen LogP contribution in [0, 0.1) is 0 Å². The van der Waals surface area contributed by atoms with Gasteiger partial charge in [-0.3, -0.25) is 25.2 Å². The zero-order chi connectivity index (χ0) is 25.2. The van der Waals surface area contributed by atoms with Crippen LogP contribution in [0.2, 0.25) is 0 Å². The SMILES string of the molecule is CCC(=O)NNC(=O)CN1C(=O)c2ccccc2[C@@H]1c1c(-c2cccc(OC)c2)[nH]c2ccccc12. The van der Waals surface area contributed by atoms with E-state index < -0.39 is 11.9 Å². The Morgan fingerprint density at radius 1 is 0.972 bits per heavy atom. The number of methoxy groups -OCH3 is 1. The number of nitrogens with zero attached hydrogens (tertiary/aromatic N) is 1. The highest BCUT2D eigenvalue weighted by molar-refractivity contribution is 6.03. The van der Waals surface area contributed by atoms with Gasteiger partial charge in [0.1, 0.15) is 12.3 Å². The van der Waals surface area contributed by atoms with Crippen LogP contribution in [-0.4, -0.2) is 41.3 Å². The lowest BCUT2D eigenvalue weighted by Gasteiger charge is -2.26. The summed E-state index contributed by atoms with van der Waals surface area (Å²) in [6.07, 6.45) is 0.232. The van der Waals surface area contributed by atoms with Gasteiger partial charge in [0, 0.05) is 34.0 Å². The van der Waals surface area contributed by atoms with Crippen LogP contribution in [0.25, 0.3) is 22.2 Å². The number of hydrogen-bond acceptors (Lipinski definition) is 4. The molecule has 8 nitrogen and oxygen atoms in total. The number of aromatic nitrogens is 1. The van der Waals surface area contributed by atoms with Crippen molar-refractivity contribution in [2.75, 3.05) is 13.7 Å². The van der Waals surface area contributed by atoms with Crippen molar-refractivity contribution in [2.45, 2.75) is 19.4 Å². The first-order chi connectivity index (χ1) is 17.5. The lowest BCUT2D eigenvalue weighted by molar-refractivity contribution is -0.129. The summed E-state index contributed by atoms with van der Waals surface area (Å²) in [7, 11) is 1.62. The summed E-state index contributed by atoms with van der Waals surface area (Å²) >= 11 is 0. The van der Waals surface area contributed by atoms with Crippen LogP contribution in [-0.2, 0) is 9.59 Å². The molecule has 8 heteroatoms. The van der Waals surface area contributed by atoms with Gasteiger partial charge in [-0.05, 0) is 29.8 Å². The predicted molar refractivity (Wildman–Crippen MR) is 136 cm³/mol. The zero-order valence-electron chi connectivity index (χ0n) is 20.0. The van der Waals surface area contributed by atoms with E-state index in [1.807, 2.05) is 66.7 Å². The Morgan fingerprint density at radius 3 is 2.53 bits per heavy atom. The Kier molecular flexibility index (Phi) is 6.16. The molecule has 2 heterocycles. The molecule has 4 aromatic rings. The van der Waals surface area contributed by atoms with Crippen LogP contribution >= 0.6 is 0 Å². The Hall–Kier alpha value is -4.59. The maximum absolute atomic E-state index is 13.5. The Labute approximate surface area is 208 Å². The van der Waals surface area contributed by atoms with Gasteiger partial charge in [0.2, 0.25) is 5.91 Å². The Morgan fingerprint density at radius 2 is 1.72 bits per heavy atom. The van der Waals surface area contributed by atoms with Crippen LogP contribution in [0.1, 0.15) is 40.9 Å². The summed E-state index contributed by atoms with van der Waals surface area (Å²) in [6, 6.07) is 22.5. The third-order valence-electron chi connectivity index (χ3n) is 6.41. The van der Waals surface area contributed by atoms with Crippen molar-refractivity contribution in [3.05, 3.63) is 89.5 Å². The monoisotopic (exact) mass is 482 g/mol. The molecule has 0 saturated carbocycles. The quantitative estimate of drug-likeness (QED) is 0.362. The molecule has 1 aliphatic rings. The molecule has 1 aromatic heterocycles. The number of hydrazine groups is 1. The molecule has 0 spiro atoms. The number of H-pyrrole nitrogens is 1. The fourth-order valence-electron chi connectivity index (χ4n) is 4.72. The molecule has 182 valence electrons. The fourth-order valence-corrected chi connectivity index (χ4v) is 4.72. The first-order valence-electron chi connectivity index (χ1n) is 11.7. The summed E-state index contributed by atoms with van der Waals surface area (Å²) in [5, 5.41) is 0.953. The van der Waals surface area contributed by atoms with E-state index in [4.69, 9.17) is 4.74 Å². The van der Waals surface area contributed by atoms with E-state index in [-0.39, 0.29) is 24.8 Å². The third kappa shape index (κ3) is 4.07. The van der Waals surface area contributed by atoms with Crippen molar-refractivity contribution in [1.82, 2.24) is 20.7 Å². The summed E-state index contributed by atoms with van der Waals surface area (Å²) < 4.78 is 5.45. The van der Waals surface area contributed by atoms with E-state index in [0.29, 0.717) is 11.3 Å². The molecule has 0 saturated heterocycles. The molecule has 5 rings (SSSR count). The third-order valence-corrected chi connectivity index (χ3v) is 6.41. The number of ether oxygens (including phenoxy) is 1. The molecule has 0 radical (unpaired) electrons. The van der Waals surface area contributed by atoms with Gasteiger partial charge in [-0.25, -0.2) is 0 Å². The van der Waals surface area contributed by atoms with E-state index in [0.717, 1.165) is 33.3 Å². The van der Waals surface area contributed by atoms with Crippen LogP contribution in [0.5, 0.6) is 5.75 Å². The van der Waals surface area contributed by atoms with Crippen molar-refractivity contribution >= 4 is 28.6 Å². The second kappa shape index (κ2) is 9.58. The summed E-state index contributed by atoms with van der Waals surface area (Å²) in [6.45, 7) is 1.47. The largest absolute Gasteiger partial charge is 0.497 e. The maximum atomic E-state index is 13.5. The van der Waals surface area contributed by atoms with Crippen molar-refractivity contribution in [3.8, 4) is 17.0 Å². The predicted octanol–water partition coefficient (Wildman–Crippen LogP) is 3.95. The second-order valence-electron chi connectivity index (χ2n) is 8.56. The summed E-state index contributed by atoms with van der Waals surface area (Å²) in [4.78, 5) is 43.0. The van der Waals surface area contributed by atoms with Crippen molar-refractivity contribution in [1.29, 1.82) is 0 Å². The normalized spacial score (nSPS) is 14.6. The molecule has 1 atom stereocenters. The lowest BCUT2D eigenvalue weighted by Crippen LogP contribution is -2.47. The van der Waals surface area contributed by atoms with Crippen molar-refractivity contribution in [3.63, 3.8) is 0 Å². The van der Waals surface area contributed by atoms with Crippen molar-refractivity contribution < 1.29 is 19.1 Å². The minimum absolute atomic E-state index is 0.223. The molecule has 1 aliphatic heterocycles. The number of benzene rings is 3. The highest BCUT2D eigenvalue weighted by atomic mass is 16.5. The number of amides is 3. The van der Waals surface area contributed by atoms with Gasteiger partial charge in [-0.2, -0.15) is 0 Å². The van der Waals surface area contributed by atoms with Gasteiger partial charge in [0.15, 0.2) is 0 Å². The number of hydrogen-bond donors (Lipinski definition) is 3. The van der Waals surface area contributed by atoms with Gasteiger partial charge < -0.3 is 14.6 Å². The molecule has 36 heavy (non-hydrogen) atoms. The number of rotatable bonds is 6. The minimum Gasteiger partial charge on any atom is -0.497 e. The topological polar surface area (TPSA) is 104 Å². The van der Waals surface area contributed by atoms with E-state index in [9.17, 15) is 14.4 Å². The number of aromatic amines is 1. The van der Waals surface area contributed by atoms with Crippen LogP contribution in [0.3, 0.4) is 0 Å². The molecule has 0 bridgehead atoms. The number of para-hydroxylation sites is 1. The number of carbonyl (C=O) groups is 3. The van der Waals surface area contributed by atoms with Gasteiger partial charge in [0.25, 0.3) is 11.8 Å². The number of nitrogens with one attached hydrogen (secondary N) is 3. The minimum atomic E-state index is -0.515. The van der Waals surface area contributed by atoms with Gasteiger partial charge in [0.05, 0.1) is 18.8 Å². The van der Waals surface area contributed by atoms with Crippen LogP contribution < -0.4 is 15.6 Å². The standard InChI is InChI=1S/C28H26N4O4/c1-3-23(33)30-31-24(34)16-32-27(19-11-4-5-12-20(19)28(32)35)25-21-13-6-7-14-22(21)29-26(25)17-9-8-10-18(15-17)36-2/h4-15,27,29H,3,16H2,1-2H3,(H,30,33)(H,31,34)/t27-/m1/s1. The molecular weight excluding hydrogens is 456 g/mol. The smallest absolute Gasteiger partial charge is 0.258 e. The molecule has 3 N–H and O–H groups in total. The lowest BCUT2D eigenvalue weighted by atomic mass is 9.93. The first-order valence-corrected chi connectivity index (χ1v) is 11.7. The molecule has 3 amide bonds. The molecular formula is C28H26N4O4. The Balaban J connectivity index is 1.65. The van der Waals surface area contributed by atoms with Crippen molar-refractivity contribution in [2.24, 2.45) is 0 Å². The highest BCUT2D eigenvalue weighted by Crippen LogP contribution is 2.45. The molecule has 3 aromatic carbocycles. The average Bonchev–Trinajstić information content (AvgIpc) is 3.42. The summed E-state index contributed by atoms with van der Waals surface area (Å²) in [5.41, 5.74) is 9.71. The van der Waals surface area contributed by atoms with E-state index in [1.54, 1.807) is 25.0 Å². The van der Waals surface area contributed by atoms with E-state index in [2.05, 4.69) is 15.8 Å². The van der Waals surface area contributed by atoms with Crippen LogP contribution in [0.4, 0.5) is 0 Å². The van der Waals surface area contributed by atoms with Gasteiger partial charge >= 0.3 is 0 Å². The first kappa shape index (κ1) is 23.2. The molecule has 0 unspecified atom stereocenters. The van der Waals surface area contributed by atoms with Gasteiger partial charge in [-0.15, -0.1) is 0 Å². The van der Waals surface area contributed by atoms with Gasteiger partial charge in [-0.1, -0.05) is 55.5 Å². The maximum Gasteiger partial charge on any atom is 0.258 e. The van der Waals surface area contributed by atoms with E-state index >= 15 is 0 Å². The fraction of sp³-hybridized carbons (Fsp3) is 0.179. The van der Waals surface area contributed by atoms with E-state index in [1.165, 1.54) is 0 Å². The molecule has 0 aliphatic carbocycles. The number of fused-ring (bicyclic) bond motifs is 2. The zero-order valence-corrected chi connectivity index (χ0v) is 20.0. The highest BCUT2D eigenvalue weighted by Gasteiger charge is 2.41. The van der Waals surface area contributed by atoms with Crippen LogP contribution in [0.15, 0.2) is 72.8 Å². The number of carbonyl (C=O) groups excluding carboxylic acids is 3. The average molecular weight is 483 g/mol. The Bertz CT molecular complexity index is 1480. The second-order valence-corrected chi connectivity index (χ2v) is 8.56. The summed E-state index contributed by atoms with van der Waals surface area (Å²) in [5.74, 6) is -0.323. The molecule has 0 fully saturated rings.